The molecule has 1 aromatic carbocycles. The number of carbonyl (C=O) groups excluding carboxylic acids is 1. The summed E-state index contributed by atoms with van der Waals surface area (Å²) < 4.78 is 2.24. The third kappa shape index (κ3) is 3.98. The van der Waals surface area contributed by atoms with Crippen LogP contribution in [-0.4, -0.2) is 38.7 Å². The second-order valence-electron chi connectivity index (χ2n) is 8.12. The predicted octanol–water partition coefficient (Wildman–Crippen LogP) is 3.66. The molecule has 0 bridgehead atoms. The maximum absolute atomic E-state index is 13.0. The molecule has 0 unspecified atom stereocenters. The minimum absolute atomic E-state index is 0.00585. The van der Waals surface area contributed by atoms with E-state index in [1.165, 1.54) is 32.1 Å². The topological polar surface area (TPSA) is 64.2 Å². The monoisotopic (exact) mass is 398 g/mol. The summed E-state index contributed by atoms with van der Waals surface area (Å²) in [5.74, 6) is 2.04. The van der Waals surface area contributed by atoms with Crippen LogP contribution in [-0.2, 0) is 11.3 Å². The first kappa shape index (κ1) is 19.5. The van der Waals surface area contributed by atoms with Gasteiger partial charge in [-0.15, -0.1) is 0 Å². The lowest BCUT2D eigenvalue weighted by Crippen LogP contribution is -2.50. The smallest absolute Gasteiger partial charge is 0.241 e. The second kappa shape index (κ2) is 8.70. The van der Waals surface area contributed by atoms with Crippen LogP contribution in [0.5, 0.6) is 0 Å². The van der Waals surface area contributed by atoms with Gasteiger partial charge in [-0.1, -0.05) is 62.4 Å². The van der Waals surface area contributed by atoms with Gasteiger partial charge in [0.1, 0.15) is 5.82 Å². The lowest BCUT2D eigenvalue weighted by molar-refractivity contribution is -0.136. The third-order valence-corrected chi connectivity index (χ3v) is 6.60. The maximum atomic E-state index is 13.0. The van der Waals surface area contributed by atoms with E-state index in [0.29, 0.717) is 18.2 Å². The van der Waals surface area contributed by atoms with Crippen LogP contribution in [0.15, 0.2) is 36.5 Å². The molecule has 2 N–H and O–H groups in total. The molecule has 1 aliphatic heterocycles. The van der Waals surface area contributed by atoms with E-state index in [4.69, 9.17) is 10.7 Å². The molecule has 5 nitrogen and oxygen atoms in total. The highest BCUT2D eigenvalue weighted by atomic mass is 32.1. The SMILES string of the molecule is N[C@H](CS)C(=O)N1CCn2cc(-c3ccccc3)nc2[C@H]1CC1CCCCC1. The number of amides is 1. The number of benzene rings is 1. The second-order valence-corrected chi connectivity index (χ2v) is 8.49. The molecule has 0 radical (unpaired) electrons. The van der Waals surface area contributed by atoms with E-state index >= 15 is 0 Å². The van der Waals surface area contributed by atoms with Gasteiger partial charge in [0.2, 0.25) is 5.91 Å². The van der Waals surface area contributed by atoms with Gasteiger partial charge in [-0.2, -0.15) is 12.6 Å². The molecule has 2 heterocycles. The Kier molecular flexibility index (Phi) is 6.07. The van der Waals surface area contributed by atoms with Crippen molar-refractivity contribution < 1.29 is 4.79 Å². The first-order chi connectivity index (χ1) is 13.7. The molecule has 2 atom stereocenters. The molecule has 1 saturated carbocycles. The summed E-state index contributed by atoms with van der Waals surface area (Å²) in [5, 5.41) is 0. The van der Waals surface area contributed by atoms with E-state index in [2.05, 4.69) is 35.5 Å². The lowest BCUT2D eigenvalue weighted by Gasteiger charge is -2.39. The largest absolute Gasteiger partial charge is 0.331 e. The van der Waals surface area contributed by atoms with E-state index in [0.717, 1.165) is 30.0 Å². The first-order valence-electron chi connectivity index (χ1n) is 10.5. The van der Waals surface area contributed by atoms with Crippen LogP contribution in [0.25, 0.3) is 11.3 Å². The fourth-order valence-corrected chi connectivity index (χ4v) is 4.82. The van der Waals surface area contributed by atoms with Gasteiger partial charge in [-0.05, 0) is 12.3 Å². The van der Waals surface area contributed by atoms with E-state index in [-0.39, 0.29) is 11.9 Å². The van der Waals surface area contributed by atoms with Crippen molar-refractivity contribution in [3.8, 4) is 11.3 Å². The third-order valence-electron chi connectivity index (χ3n) is 6.21. The molecule has 150 valence electrons. The van der Waals surface area contributed by atoms with Gasteiger partial charge in [0.05, 0.1) is 17.8 Å². The minimum atomic E-state index is -0.549. The Morgan fingerprint density at radius 2 is 1.93 bits per heavy atom. The molecule has 6 heteroatoms. The molecule has 0 saturated heterocycles. The zero-order valence-electron chi connectivity index (χ0n) is 16.3. The van der Waals surface area contributed by atoms with E-state index in [1.54, 1.807) is 0 Å². The van der Waals surface area contributed by atoms with Gasteiger partial charge in [-0.3, -0.25) is 4.79 Å². The minimum Gasteiger partial charge on any atom is -0.331 e. The summed E-state index contributed by atoms with van der Waals surface area (Å²) >= 11 is 4.25. The Labute approximate surface area is 172 Å². The number of aromatic nitrogens is 2. The Morgan fingerprint density at radius 3 is 2.64 bits per heavy atom. The molecule has 1 amide bonds. The molecule has 1 aliphatic carbocycles. The number of nitrogens with two attached hydrogens (primary N) is 1. The van der Waals surface area contributed by atoms with Crippen LogP contribution in [0.3, 0.4) is 0 Å². The van der Waals surface area contributed by atoms with Crippen molar-refractivity contribution in [1.29, 1.82) is 0 Å². The molecule has 2 aliphatic rings. The molecular formula is C22H30N4OS. The number of hydrogen-bond donors (Lipinski definition) is 2. The summed E-state index contributed by atoms with van der Waals surface area (Å²) in [4.78, 5) is 20.0. The Balaban J connectivity index is 1.66. The molecule has 28 heavy (non-hydrogen) atoms. The fourth-order valence-electron chi connectivity index (χ4n) is 4.66. The highest BCUT2D eigenvalue weighted by molar-refractivity contribution is 7.80. The summed E-state index contributed by atoms with van der Waals surface area (Å²) in [5.41, 5.74) is 8.16. The number of hydrogen-bond acceptors (Lipinski definition) is 4. The summed E-state index contributed by atoms with van der Waals surface area (Å²) in [6.45, 7) is 1.46. The summed E-state index contributed by atoms with van der Waals surface area (Å²) in [6.07, 6.45) is 9.56. The predicted molar refractivity (Wildman–Crippen MR) is 115 cm³/mol. The quantitative estimate of drug-likeness (QED) is 0.756. The summed E-state index contributed by atoms with van der Waals surface area (Å²) in [7, 11) is 0. The van der Waals surface area contributed by atoms with Crippen LogP contribution in [0, 0.1) is 5.92 Å². The number of thiol groups is 1. The average Bonchev–Trinajstić information content (AvgIpc) is 3.19. The van der Waals surface area contributed by atoms with Gasteiger partial charge in [0, 0.05) is 30.6 Å². The Morgan fingerprint density at radius 1 is 1.18 bits per heavy atom. The number of rotatable bonds is 5. The van der Waals surface area contributed by atoms with Crippen molar-refractivity contribution in [2.75, 3.05) is 12.3 Å². The summed E-state index contributed by atoms with van der Waals surface area (Å²) in [6, 6.07) is 9.72. The zero-order chi connectivity index (χ0) is 19.5. The number of carbonyl (C=O) groups is 1. The number of fused-ring (bicyclic) bond motifs is 1. The van der Waals surface area contributed by atoms with E-state index in [9.17, 15) is 4.79 Å². The first-order valence-corrected chi connectivity index (χ1v) is 11.1. The molecular weight excluding hydrogens is 368 g/mol. The van der Waals surface area contributed by atoms with Gasteiger partial charge in [0.15, 0.2) is 0 Å². The van der Waals surface area contributed by atoms with Crippen LogP contribution in [0.4, 0.5) is 0 Å². The Bertz CT molecular complexity index is 800. The van der Waals surface area contributed by atoms with Crippen molar-refractivity contribution in [3.05, 3.63) is 42.4 Å². The van der Waals surface area contributed by atoms with Gasteiger partial charge < -0.3 is 15.2 Å². The zero-order valence-corrected chi connectivity index (χ0v) is 17.2. The Hall–Kier alpha value is -1.79. The average molecular weight is 399 g/mol. The van der Waals surface area contributed by atoms with Crippen LogP contribution in [0.2, 0.25) is 0 Å². The molecule has 0 spiro atoms. The normalized spacial score (nSPS) is 21.4. The van der Waals surface area contributed by atoms with Crippen molar-refractivity contribution in [2.24, 2.45) is 11.7 Å². The van der Waals surface area contributed by atoms with Gasteiger partial charge >= 0.3 is 0 Å². The lowest BCUT2D eigenvalue weighted by atomic mass is 9.84. The van der Waals surface area contributed by atoms with Gasteiger partial charge in [-0.25, -0.2) is 4.98 Å². The van der Waals surface area contributed by atoms with Crippen molar-refractivity contribution in [2.45, 2.75) is 57.2 Å². The highest BCUT2D eigenvalue weighted by Gasteiger charge is 2.36. The maximum Gasteiger partial charge on any atom is 0.241 e. The van der Waals surface area contributed by atoms with Crippen LogP contribution < -0.4 is 5.73 Å². The number of nitrogens with zero attached hydrogens (tertiary/aromatic N) is 3. The standard InChI is InChI=1S/C22H30N4OS/c23-18(15-28)22(27)26-12-11-25-14-19(17-9-5-2-6-10-17)24-21(25)20(26)13-16-7-3-1-4-8-16/h2,5-6,9-10,14,16,18,20,28H,1,3-4,7-8,11-13,15,23H2/t18-,20-/m1/s1. The highest BCUT2D eigenvalue weighted by Crippen LogP contribution is 2.37. The number of imidazole rings is 1. The van der Waals surface area contributed by atoms with Crippen LogP contribution >= 0.6 is 12.6 Å². The molecule has 1 fully saturated rings. The van der Waals surface area contributed by atoms with Crippen molar-refractivity contribution in [1.82, 2.24) is 14.5 Å². The molecule has 4 rings (SSSR count). The van der Waals surface area contributed by atoms with E-state index < -0.39 is 6.04 Å². The van der Waals surface area contributed by atoms with Crippen molar-refractivity contribution >= 4 is 18.5 Å². The van der Waals surface area contributed by atoms with E-state index in [1.807, 2.05) is 23.1 Å². The molecule has 1 aromatic heterocycles. The van der Waals surface area contributed by atoms with Crippen molar-refractivity contribution in [3.63, 3.8) is 0 Å². The van der Waals surface area contributed by atoms with Crippen LogP contribution in [0.1, 0.15) is 50.4 Å². The molecule has 2 aromatic rings. The fraction of sp³-hybridized carbons (Fsp3) is 0.545. The van der Waals surface area contributed by atoms with Gasteiger partial charge in [0.25, 0.3) is 0 Å².